The molecule has 176 valence electrons. The Labute approximate surface area is 197 Å². The summed E-state index contributed by atoms with van der Waals surface area (Å²) >= 11 is 0. The molecule has 0 bridgehead atoms. The highest BCUT2D eigenvalue weighted by molar-refractivity contribution is 5.94. The van der Waals surface area contributed by atoms with E-state index in [9.17, 15) is 9.59 Å². The van der Waals surface area contributed by atoms with Gasteiger partial charge in [-0.1, -0.05) is 18.2 Å². The number of benzene rings is 2. The van der Waals surface area contributed by atoms with Crippen molar-refractivity contribution in [3.05, 3.63) is 70.5 Å². The molecular formula is C25H26N4O5. The summed E-state index contributed by atoms with van der Waals surface area (Å²) in [7, 11) is 1.83. The van der Waals surface area contributed by atoms with E-state index in [2.05, 4.69) is 10.4 Å². The summed E-state index contributed by atoms with van der Waals surface area (Å²) in [5, 5.41) is 7.38. The van der Waals surface area contributed by atoms with Gasteiger partial charge in [-0.25, -0.2) is 0 Å². The molecular weight excluding hydrogens is 436 g/mol. The maximum atomic E-state index is 13.0. The first-order valence-corrected chi connectivity index (χ1v) is 11.2. The van der Waals surface area contributed by atoms with Crippen LogP contribution in [0, 0.1) is 6.92 Å². The highest BCUT2D eigenvalue weighted by Crippen LogP contribution is 2.32. The second-order valence-electron chi connectivity index (χ2n) is 8.44. The van der Waals surface area contributed by atoms with Gasteiger partial charge in [-0.2, -0.15) is 5.10 Å². The molecule has 34 heavy (non-hydrogen) atoms. The second-order valence-corrected chi connectivity index (χ2v) is 8.44. The summed E-state index contributed by atoms with van der Waals surface area (Å²) in [6.45, 7) is 3.34. The van der Waals surface area contributed by atoms with Crippen molar-refractivity contribution in [1.29, 1.82) is 0 Å². The Hall–Kier alpha value is -4.01. The number of ether oxygens (including phenoxy) is 3. The summed E-state index contributed by atoms with van der Waals surface area (Å²) in [5.41, 5.74) is 4.06. The van der Waals surface area contributed by atoms with E-state index in [1.807, 2.05) is 56.4 Å². The molecule has 2 aromatic carbocycles. The first-order chi connectivity index (χ1) is 16.5. The fraction of sp³-hybridized carbons (Fsp3) is 0.320. The number of aryl methyl sites for hydroxylation is 2. The van der Waals surface area contributed by atoms with Gasteiger partial charge in [0.05, 0.1) is 0 Å². The van der Waals surface area contributed by atoms with E-state index in [1.165, 1.54) is 0 Å². The van der Waals surface area contributed by atoms with Crippen molar-refractivity contribution in [2.24, 2.45) is 7.05 Å². The molecule has 3 heterocycles. The quantitative estimate of drug-likeness (QED) is 0.604. The zero-order valence-corrected chi connectivity index (χ0v) is 19.2. The number of hydrogen-bond donors (Lipinski definition) is 1. The third-order valence-electron chi connectivity index (χ3n) is 6.05. The molecule has 0 spiro atoms. The summed E-state index contributed by atoms with van der Waals surface area (Å²) < 4.78 is 18.1. The van der Waals surface area contributed by atoms with Crippen LogP contribution in [0.15, 0.2) is 42.5 Å². The minimum atomic E-state index is -0.278. The van der Waals surface area contributed by atoms with Crippen molar-refractivity contribution < 1.29 is 23.8 Å². The lowest BCUT2D eigenvalue weighted by atomic mass is 10.0. The molecule has 0 radical (unpaired) electrons. The van der Waals surface area contributed by atoms with E-state index < -0.39 is 0 Å². The van der Waals surface area contributed by atoms with Crippen LogP contribution in [0.25, 0.3) is 0 Å². The SMILES string of the molecule is Cc1cccc(OCC(=O)N2CCc3c(c(C(=O)NCc4ccc5c(c4)OCO5)nn3C)C2)c1. The van der Waals surface area contributed by atoms with Gasteiger partial charge in [0.1, 0.15) is 5.75 Å². The maximum absolute atomic E-state index is 13.0. The third kappa shape index (κ3) is 4.41. The lowest BCUT2D eigenvalue weighted by molar-refractivity contribution is -0.134. The van der Waals surface area contributed by atoms with Gasteiger partial charge in [-0.05, 0) is 42.3 Å². The second kappa shape index (κ2) is 9.09. The summed E-state index contributed by atoms with van der Waals surface area (Å²) in [5.74, 6) is 1.63. The zero-order valence-electron chi connectivity index (χ0n) is 19.2. The number of hydrogen-bond acceptors (Lipinski definition) is 6. The summed E-state index contributed by atoms with van der Waals surface area (Å²) in [6, 6.07) is 13.2. The lowest BCUT2D eigenvalue weighted by Crippen LogP contribution is -2.39. The van der Waals surface area contributed by atoms with E-state index in [-0.39, 0.29) is 25.2 Å². The van der Waals surface area contributed by atoms with Gasteiger partial charge in [-0.3, -0.25) is 14.3 Å². The highest BCUT2D eigenvalue weighted by atomic mass is 16.7. The third-order valence-corrected chi connectivity index (χ3v) is 6.05. The van der Waals surface area contributed by atoms with E-state index in [0.717, 1.165) is 22.4 Å². The Morgan fingerprint density at radius 3 is 2.85 bits per heavy atom. The smallest absolute Gasteiger partial charge is 0.272 e. The van der Waals surface area contributed by atoms with Crippen LogP contribution in [0.5, 0.6) is 17.2 Å². The van der Waals surface area contributed by atoms with Gasteiger partial charge >= 0.3 is 0 Å². The number of nitrogens with zero attached hydrogens (tertiary/aromatic N) is 3. The topological polar surface area (TPSA) is 94.9 Å². The number of carbonyl (C=O) groups is 2. The van der Waals surface area contributed by atoms with Gasteiger partial charge in [0.15, 0.2) is 23.8 Å². The van der Waals surface area contributed by atoms with E-state index >= 15 is 0 Å². The molecule has 0 saturated carbocycles. The predicted molar refractivity (Wildman–Crippen MR) is 123 cm³/mol. The Balaban J connectivity index is 1.23. The molecule has 9 nitrogen and oxygen atoms in total. The fourth-order valence-corrected chi connectivity index (χ4v) is 4.25. The lowest BCUT2D eigenvalue weighted by Gasteiger charge is -2.27. The van der Waals surface area contributed by atoms with Crippen LogP contribution < -0.4 is 19.5 Å². The molecule has 1 N–H and O–H groups in total. The fourth-order valence-electron chi connectivity index (χ4n) is 4.25. The largest absolute Gasteiger partial charge is 0.484 e. The number of aromatic nitrogens is 2. The van der Waals surface area contributed by atoms with Crippen LogP contribution in [-0.4, -0.2) is 46.4 Å². The highest BCUT2D eigenvalue weighted by Gasteiger charge is 2.29. The summed E-state index contributed by atoms with van der Waals surface area (Å²) in [4.78, 5) is 27.5. The van der Waals surface area contributed by atoms with Gasteiger partial charge in [0.25, 0.3) is 11.8 Å². The molecule has 2 amide bonds. The van der Waals surface area contributed by atoms with Crippen LogP contribution in [0.3, 0.4) is 0 Å². The van der Waals surface area contributed by atoms with Gasteiger partial charge in [0, 0.05) is 44.4 Å². The van der Waals surface area contributed by atoms with Crippen molar-refractivity contribution in [2.45, 2.75) is 26.4 Å². The van der Waals surface area contributed by atoms with Crippen molar-refractivity contribution in [3.8, 4) is 17.2 Å². The molecule has 5 rings (SSSR count). The zero-order chi connectivity index (χ0) is 23.7. The number of carbonyl (C=O) groups excluding carboxylic acids is 2. The molecule has 0 atom stereocenters. The Bertz CT molecular complexity index is 1250. The van der Waals surface area contributed by atoms with Gasteiger partial charge in [-0.15, -0.1) is 0 Å². The molecule has 0 unspecified atom stereocenters. The number of nitrogens with one attached hydrogen (secondary N) is 1. The standard InChI is InChI=1S/C25H26N4O5/c1-16-4-3-5-18(10-16)32-14-23(30)29-9-8-20-19(13-29)24(27-28(20)2)25(31)26-12-17-6-7-21-22(11-17)34-15-33-21/h3-7,10-11H,8-9,12-15H2,1-2H3,(H,26,31). The first kappa shape index (κ1) is 21.8. The van der Waals surface area contributed by atoms with Gasteiger partial charge in [0.2, 0.25) is 6.79 Å². The molecule has 9 heteroatoms. The van der Waals surface area contributed by atoms with Crippen LogP contribution in [-0.2, 0) is 31.4 Å². The summed E-state index contributed by atoms with van der Waals surface area (Å²) in [6.07, 6.45) is 0.629. The van der Waals surface area contributed by atoms with Crippen LogP contribution in [0.1, 0.15) is 32.9 Å². The molecule has 3 aromatic rings. The molecule has 2 aliphatic rings. The van der Waals surface area contributed by atoms with Crippen molar-refractivity contribution in [1.82, 2.24) is 20.0 Å². The van der Waals surface area contributed by atoms with Gasteiger partial charge < -0.3 is 24.4 Å². The van der Waals surface area contributed by atoms with Crippen molar-refractivity contribution >= 4 is 11.8 Å². The van der Waals surface area contributed by atoms with Crippen LogP contribution >= 0.6 is 0 Å². The number of fused-ring (bicyclic) bond motifs is 2. The average molecular weight is 463 g/mol. The maximum Gasteiger partial charge on any atom is 0.272 e. The molecule has 0 saturated heterocycles. The van der Waals surface area contributed by atoms with E-state index in [1.54, 1.807) is 9.58 Å². The van der Waals surface area contributed by atoms with Crippen LogP contribution in [0.2, 0.25) is 0 Å². The normalized spacial score (nSPS) is 14.0. The minimum Gasteiger partial charge on any atom is -0.484 e. The monoisotopic (exact) mass is 462 g/mol. The Kier molecular flexibility index (Phi) is 5.83. The number of rotatable bonds is 6. The van der Waals surface area contributed by atoms with Crippen molar-refractivity contribution in [2.75, 3.05) is 19.9 Å². The van der Waals surface area contributed by atoms with E-state index in [0.29, 0.717) is 49.0 Å². The molecule has 0 fully saturated rings. The van der Waals surface area contributed by atoms with Crippen molar-refractivity contribution in [3.63, 3.8) is 0 Å². The first-order valence-electron chi connectivity index (χ1n) is 11.2. The Morgan fingerprint density at radius 1 is 1.15 bits per heavy atom. The number of amides is 2. The minimum absolute atomic E-state index is 0.0509. The van der Waals surface area contributed by atoms with E-state index in [4.69, 9.17) is 14.2 Å². The average Bonchev–Trinajstić information content (AvgIpc) is 3.44. The molecule has 0 aliphatic carbocycles. The molecule has 2 aliphatic heterocycles. The van der Waals surface area contributed by atoms with Crippen LogP contribution in [0.4, 0.5) is 0 Å². The Morgan fingerprint density at radius 2 is 2.00 bits per heavy atom. The predicted octanol–water partition coefficient (Wildman–Crippen LogP) is 2.35. The molecule has 1 aromatic heterocycles.